The zero-order valence-electron chi connectivity index (χ0n) is 11.1. The standard InChI is InChI=1S/C13H13Br5O2/c1-4-13(2,3)12(19)20-5-6-7(14)9(16)11(18)10(17)8(6)15/h4-5H2,1-3H3. The van der Waals surface area contributed by atoms with Crippen molar-refractivity contribution >= 4 is 85.6 Å². The molecule has 20 heavy (non-hydrogen) atoms. The van der Waals surface area contributed by atoms with E-state index in [4.69, 9.17) is 4.74 Å². The van der Waals surface area contributed by atoms with Gasteiger partial charge < -0.3 is 4.74 Å². The molecule has 0 saturated heterocycles. The fourth-order valence-corrected chi connectivity index (χ4v) is 4.61. The van der Waals surface area contributed by atoms with Crippen molar-refractivity contribution in [2.45, 2.75) is 33.8 Å². The van der Waals surface area contributed by atoms with Crippen LogP contribution in [0.25, 0.3) is 0 Å². The molecular formula is C13H13Br5O2. The molecule has 1 aromatic rings. The van der Waals surface area contributed by atoms with Crippen LogP contribution in [0.15, 0.2) is 22.4 Å². The monoisotopic (exact) mass is 596 g/mol. The van der Waals surface area contributed by atoms with Crippen LogP contribution in [0, 0.1) is 5.41 Å². The van der Waals surface area contributed by atoms with Gasteiger partial charge in [-0.1, -0.05) is 6.92 Å². The molecule has 112 valence electrons. The van der Waals surface area contributed by atoms with Crippen molar-refractivity contribution in [1.29, 1.82) is 0 Å². The minimum atomic E-state index is -0.469. The second-order valence-electron chi connectivity index (χ2n) is 4.86. The Morgan fingerprint density at radius 2 is 1.35 bits per heavy atom. The first-order chi connectivity index (χ1) is 9.13. The second kappa shape index (κ2) is 7.57. The first-order valence-corrected chi connectivity index (χ1v) is 9.77. The van der Waals surface area contributed by atoms with Crippen LogP contribution in [0.1, 0.15) is 32.8 Å². The Kier molecular flexibility index (Phi) is 7.25. The molecule has 0 amide bonds. The zero-order chi connectivity index (χ0) is 15.7. The molecule has 0 aliphatic rings. The highest BCUT2D eigenvalue weighted by atomic mass is 79.9. The topological polar surface area (TPSA) is 26.3 Å². The van der Waals surface area contributed by atoms with E-state index in [1.807, 2.05) is 20.8 Å². The molecule has 7 heteroatoms. The van der Waals surface area contributed by atoms with E-state index < -0.39 is 5.41 Å². The van der Waals surface area contributed by atoms with Crippen LogP contribution in [0.4, 0.5) is 0 Å². The largest absolute Gasteiger partial charge is 0.460 e. The van der Waals surface area contributed by atoms with Gasteiger partial charge in [-0.2, -0.15) is 0 Å². The maximum atomic E-state index is 12.0. The van der Waals surface area contributed by atoms with E-state index in [0.717, 1.165) is 34.3 Å². The summed E-state index contributed by atoms with van der Waals surface area (Å²) < 4.78 is 9.76. The highest BCUT2D eigenvalue weighted by Gasteiger charge is 2.28. The summed E-state index contributed by atoms with van der Waals surface area (Å²) in [6.07, 6.45) is 0.738. The fourth-order valence-electron chi connectivity index (χ4n) is 1.25. The van der Waals surface area contributed by atoms with E-state index in [1.165, 1.54) is 0 Å². The van der Waals surface area contributed by atoms with Gasteiger partial charge >= 0.3 is 5.97 Å². The lowest BCUT2D eigenvalue weighted by Crippen LogP contribution is -2.25. The van der Waals surface area contributed by atoms with Gasteiger partial charge in [-0.25, -0.2) is 0 Å². The lowest BCUT2D eigenvalue weighted by Gasteiger charge is -2.21. The van der Waals surface area contributed by atoms with Gasteiger partial charge in [0.05, 0.1) is 5.41 Å². The Morgan fingerprint density at radius 3 is 1.75 bits per heavy atom. The molecule has 2 nitrogen and oxygen atoms in total. The van der Waals surface area contributed by atoms with Gasteiger partial charge in [-0.15, -0.1) is 0 Å². The van der Waals surface area contributed by atoms with Gasteiger partial charge in [0, 0.05) is 27.9 Å². The highest BCUT2D eigenvalue weighted by Crippen LogP contribution is 2.44. The predicted molar refractivity (Wildman–Crippen MR) is 98.8 cm³/mol. The van der Waals surface area contributed by atoms with Crippen LogP contribution in [0.3, 0.4) is 0 Å². The summed E-state index contributed by atoms with van der Waals surface area (Å²) in [5.74, 6) is -0.200. The van der Waals surface area contributed by atoms with E-state index >= 15 is 0 Å². The number of esters is 1. The minimum absolute atomic E-state index is 0.200. The van der Waals surface area contributed by atoms with Crippen molar-refractivity contribution in [3.8, 4) is 0 Å². The van der Waals surface area contributed by atoms with Gasteiger partial charge in [-0.05, 0) is 99.9 Å². The van der Waals surface area contributed by atoms with Crippen LogP contribution in [-0.2, 0) is 16.1 Å². The molecule has 0 fully saturated rings. The van der Waals surface area contributed by atoms with E-state index in [9.17, 15) is 4.79 Å². The van der Waals surface area contributed by atoms with E-state index in [1.54, 1.807) is 0 Å². The average molecular weight is 601 g/mol. The number of ether oxygens (including phenoxy) is 1. The molecule has 0 bridgehead atoms. The Labute approximate surface area is 161 Å². The van der Waals surface area contributed by atoms with Crippen LogP contribution < -0.4 is 0 Å². The third-order valence-corrected chi connectivity index (χ3v) is 9.34. The highest BCUT2D eigenvalue weighted by molar-refractivity contribution is 9.15. The van der Waals surface area contributed by atoms with Crippen molar-refractivity contribution in [3.05, 3.63) is 27.9 Å². The molecule has 0 aliphatic carbocycles. The minimum Gasteiger partial charge on any atom is -0.460 e. The summed E-state index contributed by atoms with van der Waals surface area (Å²) in [6.45, 7) is 5.94. The van der Waals surface area contributed by atoms with Gasteiger partial charge in [0.2, 0.25) is 0 Å². The number of benzene rings is 1. The zero-order valence-corrected chi connectivity index (χ0v) is 19.1. The van der Waals surface area contributed by atoms with Gasteiger partial charge in [0.25, 0.3) is 0 Å². The lowest BCUT2D eigenvalue weighted by atomic mass is 9.91. The van der Waals surface area contributed by atoms with Gasteiger partial charge in [0.15, 0.2) is 0 Å². The van der Waals surface area contributed by atoms with Crippen LogP contribution in [0.2, 0.25) is 0 Å². The van der Waals surface area contributed by atoms with Crippen LogP contribution in [0.5, 0.6) is 0 Å². The van der Waals surface area contributed by atoms with Gasteiger partial charge in [-0.3, -0.25) is 4.79 Å². The molecule has 0 saturated carbocycles. The number of carbonyl (C=O) groups excluding carboxylic acids is 1. The van der Waals surface area contributed by atoms with Gasteiger partial charge in [0.1, 0.15) is 6.61 Å². The molecule has 0 aromatic heterocycles. The third kappa shape index (κ3) is 4.09. The molecule has 1 aromatic carbocycles. The smallest absolute Gasteiger partial charge is 0.311 e. The maximum absolute atomic E-state index is 12.0. The number of carbonyl (C=O) groups is 1. The lowest BCUT2D eigenvalue weighted by molar-refractivity contribution is -0.155. The first-order valence-electron chi connectivity index (χ1n) is 5.81. The molecular weight excluding hydrogens is 588 g/mol. The van der Waals surface area contributed by atoms with E-state index in [0.29, 0.717) is 0 Å². The first kappa shape index (κ1) is 19.1. The van der Waals surface area contributed by atoms with Crippen LogP contribution >= 0.6 is 79.6 Å². The Morgan fingerprint density at radius 1 is 0.950 bits per heavy atom. The molecule has 1 rings (SSSR count). The van der Waals surface area contributed by atoms with Crippen molar-refractivity contribution < 1.29 is 9.53 Å². The molecule has 0 radical (unpaired) electrons. The number of halogens is 5. The summed E-state index contributed by atoms with van der Waals surface area (Å²) >= 11 is 17.5. The van der Waals surface area contributed by atoms with Crippen molar-refractivity contribution in [2.24, 2.45) is 5.41 Å². The number of rotatable bonds is 4. The van der Waals surface area contributed by atoms with E-state index in [-0.39, 0.29) is 12.6 Å². The Bertz CT molecular complexity index is 511. The second-order valence-corrected chi connectivity index (χ2v) is 8.83. The third-order valence-electron chi connectivity index (χ3n) is 3.08. The van der Waals surface area contributed by atoms with Crippen LogP contribution in [-0.4, -0.2) is 5.97 Å². The quantitative estimate of drug-likeness (QED) is 0.212. The summed E-state index contributed by atoms with van der Waals surface area (Å²) in [7, 11) is 0. The molecule has 0 aliphatic heterocycles. The molecule has 0 heterocycles. The molecule has 0 unspecified atom stereocenters. The fraction of sp³-hybridized carbons (Fsp3) is 0.462. The normalized spacial score (nSPS) is 11.6. The van der Waals surface area contributed by atoms with Crippen molar-refractivity contribution in [3.63, 3.8) is 0 Å². The summed E-state index contributed by atoms with van der Waals surface area (Å²) in [5, 5.41) is 0. The van der Waals surface area contributed by atoms with E-state index in [2.05, 4.69) is 79.6 Å². The Balaban J connectivity index is 3.04. The number of hydrogen-bond donors (Lipinski definition) is 0. The molecule has 0 spiro atoms. The average Bonchev–Trinajstić information content (AvgIpc) is 2.42. The SMILES string of the molecule is CCC(C)(C)C(=O)OCc1c(Br)c(Br)c(Br)c(Br)c1Br. The maximum Gasteiger partial charge on any atom is 0.311 e. The Hall–Kier alpha value is 1.09. The van der Waals surface area contributed by atoms with Crippen molar-refractivity contribution in [1.82, 2.24) is 0 Å². The predicted octanol–water partition coefficient (Wildman–Crippen LogP) is 6.98. The summed E-state index contributed by atoms with van der Waals surface area (Å²) in [4.78, 5) is 12.0. The summed E-state index contributed by atoms with van der Waals surface area (Å²) in [5.41, 5.74) is 0.398. The number of hydrogen-bond acceptors (Lipinski definition) is 2. The summed E-state index contributed by atoms with van der Waals surface area (Å²) in [6, 6.07) is 0. The molecule has 0 N–H and O–H groups in total. The molecule has 0 atom stereocenters. The van der Waals surface area contributed by atoms with Crippen molar-refractivity contribution in [2.75, 3.05) is 0 Å².